The van der Waals surface area contributed by atoms with Crippen molar-refractivity contribution in [2.45, 2.75) is 26.4 Å². The molecule has 0 heterocycles. The van der Waals surface area contributed by atoms with Crippen LogP contribution in [0, 0.1) is 28.6 Å². The summed E-state index contributed by atoms with van der Waals surface area (Å²) < 4.78 is 0. The van der Waals surface area contributed by atoms with Crippen LogP contribution < -0.4 is 0 Å². The summed E-state index contributed by atoms with van der Waals surface area (Å²) in [5.74, 6) is -0.143. The molecule has 4 rings (SSSR count). The Morgan fingerprint density at radius 1 is 1.38 bits per heavy atom. The number of carbonyl (C=O) groups is 1. The van der Waals surface area contributed by atoms with Gasteiger partial charge in [-0.3, -0.25) is 4.79 Å². The highest BCUT2D eigenvalue weighted by molar-refractivity contribution is 5.83. The van der Waals surface area contributed by atoms with Gasteiger partial charge in [-0.1, -0.05) is 13.8 Å². The number of carboxylic acid groups (broad SMARTS) is 1. The average Bonchev–Trinajstić information content (AvgIpc) is 2.41. The van der Waals surface area contributed by atoms with E-state index in [9.17, 15) is 15.0 Å². The molecule has 4 saturated carbocycles. The topological polar surface area (TPSA) is 57.5 Å². The maximum absolute atomic E-state index is 11.3. The number of rotatable bonds is 1. The van der Waals surface area contributed by atoms with Gasteiger partial charge in [0.25, 0.3) is 0 Å². The molecule has 3 heteroatoms. The first kappa shape index (κ1) is 7.80. The Morgan fingerprint density at radius 3 is 2.15 bits per heavy atom. The first-order chi connectivity index (χ1) is 5.95. The Hall–Kier alpha value is -0.570. The van der Waals surface area contributed by atoms with E-state index in [2.05, 4.69) is 0 Å². The van der Waals surface area contributed by atoms with Crippen molar-refractivity contribution in [1.29, 1.82) is 0 Å². The summed E-state index contributed by atoms with van der Waals surface area (Å²) in [4.78, 5) is 11.3. The molecule has 4 aliphatic rings. The summed E-state index contributed by atoms with van der Waals surface area (Å²) in [6.45, 7) is 4.00. The molecule has 4 fully saturated rings. The normalized spacial score (nSPS) is 59.6. The number of hydrogen-bond acceptors (Lipinski definition) is 2. The fourth-order valence-corrected chi connectivity index (χ4v) is 4.50. The van der Waals surface area contributed by atoms with Crippen LogP contribution in [0.3, 0.4) is 0 Å². The Kier molecular flexibility index (Phi) is 0.991. The van der Waals surface area contributed by atoms with Gasteiger partial charge < -0.3 is 10.2 Å². The van der Waals surface area contributed by atoms with E-state index in [0.717, 1.165) is 6.42 Å². The lowest BCUT2D eigenvalue weighted by Crippen LogP contribution is -2.32. The SMILES string of the molecule is CC1(C)C2CC3C(C2O)C31C(=O)O. The molecule has 4 aliphatic carbocycles. The highest BCUT2D eigenvalue weighted by atomic mass is 16.4. The van der Waals surface area contributed by atoms with Crippen molar-refractivity contribution < 1.29 is 15.0 Å². The molecular formula is C10H14O3. The molecule has 5 unspecified atom stereocenters. The summed E-state index contributed by atoms with van der Waals surface area (Å²) in [6.07, 6.45) is 0.571. The third-order valence-electron chi connectivity index (χ3n) is 5.07. The van der Waals surface area contributed by atoms with E-state index >= 15 is 0 Å². The van der Waals surface area contributed by atoms with E-state index in [0.29, 0.717) is 0 Å². The highest BCUT2D eigenvalue weighted by Crippen LogP contribution is 2.85. The van der Waals surface area contributed by atoms with Crippen molar-refractivity contribution in [2.24, 2.45) is 28.6 Å². The first-order valence-electron chi connectivity index (χ1n) is 4.87. The minimum atomic E-state index is -0.688. The van der Waals surface area contributed by atoms with Gasteiger partial charge in [-0.15, -0.1) is 0 Å². The van der Waals surface area contributed by atoms with Crippen LogP contribution in [0.5, 0.6) is 0 Å². The molecule has 2 N–H and O–H groups in total. The van der Waals surface area contributed by atoms with E-state index in [1.807, 2.05) is 13.8 Å². The molecule has 0 aromatic carbocycles. The summed E-state index contributed by atoms with van der Waals surface area (Å²) in [6, 6.07) is 0. The van der Waals surface area contributed by atoms with Crippen molar-refractivity contribution in [2.75, 3.05) is 0 Å². The number of hydrogen-bond donors (Lipinski definition) is 2. The number of aliphatic carboxylic acids is 1. The predicted molar refractivity (Wildman–Crippen MR) is 44.9 cm³/mol. The molecule has 0 aromatic rings. The summed E-state index contributed by atoms with van der Waals surface area (Å²) in [5, 5.41) is 19.1. The van der Waals surface area contributed by atoms with Crippen LogP contribution in [0.25, 0.3) is 0 Å². The molecule has 0 spiro atoms. The largest absolute Gasteiger partial charge is 0.481 e. The Bertz CT molecular complexity index is 309. The van der Waals surface area contributed by atoms with Crippen molar-refractivity contribution >= 4 is 5.97 Å². The fraction of sp³-hybridized carbons (Fsp3) is 0.900. The molecule has 0 aliphatic heterocycles. The van der Waals surface area contributed by atoms with Crippen LogP contribution in [-0.2, 0) is 4.79 Å². The van der Waals surface area contributed by atoms with Gasteiger partial charge in [0.15, 0.2) is 0 Å². The van der Waals surface area contributed by atoms with Gasteiger partial charge in [-0.2, -0.15) is 0 Å². The van der Waals surface area contributed by atoms with Gasteiger partial charge in [-0.05, 0) is 23.7 Å². The molecule has 4 bridgehead atoms. The Balaban J connectivity index is 2.16. The average molecular weight is 182 g/mol. The van der Waals surface area contributed by atoms with Gasteiger partial charge >= 0.3 is 5.97 Å². The summed E-state index contributed by atoms with van der Waals surface area (Å²) in [5.41, 5.74) is -0.773. The summed E-state index contributed by atoms with van der Waals surface area (Å²) in [7, 11) is 0. The van der Waals surface area contributed by atoms with Gasteiger partial charge in [-0.25, -0.2) is 0 Å². The standard InChI is InChI=1S/C10H14O3/c1-9(2)5-3-4-6(7(5)11)10(4,9)8(12)13/h4-7,11H,3H2,1-2H3,(H,12,13). The minimum absolute atomic E-state index is 0.0602. The number of aliphatic hydroxyl groups is 1. The molecule has 0 aromatic heterocycles. The minimum Gasteiger partial charge on any atom is -0.481 e. The molecule has 5 atom stereocenters. The quantitative estimate of drug-likeness (QED) is 0.628. The van der Waals surface area contributed by atoms with E-state index in [-0.39, 0.29) is 29.3 Å². The second-order valence-electron chi connectivity index (χ2n) is 5.36. The van der Waals surface area contributed by atoms with Crippen molar-refractivity contribution in [3.8, 4) is 0 Å². The second-order valence-corrected chi connectivity index (χ2v) is 5.36. The maximum atomic E-state index is 11.3. The van der Waals surface area contributed by atoms with Crippen LogP contribution in [0.2, 0.25) is 0 Å². The van der Waals surface area contributed by atoms with Crippen molar-refractivity contribution in [1.82, 2.24) is 0 Å². The van der Waals surface area contributed by atoms with Crippen LogP contribution >= 0.6 is 0 Å². The zero-order valence-corrected chi connectivity index (χ0v) is 7.82. The lowest BCUT2D eigenvalue weighted by atomic mass is 9.75. The number of carboxylic acids is 1. The van der Waals surface area contributed by atoms with E-state index in [4.69, 9.17) is 0 Å². The zero-order chi connectivity index (χ0) is 9.59. The zero-order valence-electron chi connectivity index (χ0n) is 7.82. The molecule has 0 radical (unpaired) electrons. The third kappa shape index (κ3) is 0.471. The van der Waals surface area contributed by atoms with E-state index in [1.54, 1.807) is 0 Å². The lowest BCUT2D eigenvalue weighted by molar-refractivity contribution is -0.148. The van der Waals surface area contributed by atoms with E-state index in [1.165, 1.54) is 0 Å². The van der Waals surface area contributed by atoms with Gasteiger partial charge in [0.1, 0.15) is 0 Å². The molecule has 13 heavy (non-hydrogen) atoms. The molecule has 72 valence electrons. The molecule has 0 amide bonds. The van der Waals surface area contributed by atoms with Gasteiger partial charge in [0.05, 0.1) is 11.5 Å². The second kappa shape index (κ2) is 1.65. The van der Waals surface area contributed by atoms with Crippen LogP contribution in [0.15, 0.2) is 0 Å². The van der Waals surface area contributed by atoms with Crippen molar-refractivity contribution in [3.05, 3.63) is 0 Å². The highest BCUT2D eigenvalue weighted by Gasteiger charge is 2.89. The Morgan fingerprint density at radius 2 is 2.00 bits per heavy atom. The van der Waals surface area contributed by atoms with Crippen LogP contribution in [0.4, 0.5) is 0 Å². The molecular weight excluding hydrogens is 168 g/mol. The van der Waals surface area contributed by atoms with Gasteiger partial charge in [0, 0.05) is 5.92 Å². The van der Waals surface area contributed by atoms with Crippen molar-refractivity contribution in [3.63, 3.8) is 0 Å². The van der Waals surface area contributed by atoms with E-state index < -0.39 is 11.4 Å². The monoisotopic (exact) mass is 182 g/mol. The van der Waals surface area contributed by atoms with Crippen LogP contribution in [0.1, 0.15) is 20.3 Å². The Labute approximate surface area is 76.8 Å². The molecule has 0 saturated heterocycles. The molecule has 3 nitrogen and oxygen atoms in total. The predicted octanol–water partition coefficient (Wildman–Crippen LogP) is 0.724. The summed E-state index contributed by atoms with van der Waals surface area (Å²) >= 11 is 0. The number of aliphatic hydroxyl groups excluding tert-OH is 1. The fourth-order valence-electron chi connectivity index (χ4n) is 4.50. The smallest absolute Gasteiger partial charge is 0.310 e. The first-order valence-corrected chi connectivity index (χ1v) is 4.87. The van der Waals surface area contributed by atoms with Gasteiger partial charge in [0.2, 0.25) is 0 Å². The maximum Gasteiger partial charge on any atom is 0.310 e. The van der Waals surface area contributed by atoms with Crippen LogP contribution in [-0.4, -0.2) is 22.3 Å². The third-order valence-corrected chi connectivity index (χ3v) is 5.07. The lowest BCUT2D eigenvalue weighted by Gasteiger charge is -2.28.